The summed E-state index contributed by atoms with van der Waals surface area (Å²) in [6.07, 6.45) is 4.05. The summed E-state index contributed by atoms with van der Waals surface area (Å²) in [5, 5.41) is 14.0. The van der Waals surface area contributed by atoms with E-state index in [-0.39, 0.29) is 41.0 Å². The van der Waals surface area contributed by atoms with E-state index in [1.807, 2.05) is 19.9 Å². The lowest BCUT2D eigenvalue weighted by Crippen LogP contribution is -2.41. The average molecular weight is 478 g/mol. The van der Waals surface area contributed by atoms with Crippen LogP contribution in [-0.4, -0.2) is 63.8 Å². The van der Waals surface area contributed by atoms with Gasteiger partial charge in [0.05, 0.1) is 24.5 Å². The highest BCUT2D eigenvalue weighted by Crippen LogP contribution is 2.39. The molecule has 35 heavy (non-hydrogen) atoms. The molecule has 0 spiro atoms. The number of oxazole rings is 1. The zero-order valence-corrected chi connectivity index (χ0v) is 19.3. The van der Waals surface area contributed by atoms with E-state index in [9.17, 15) is 4.79 Å². The Bertz CT molecular complexity index is 1540. The van der Waals surface area contributed by atoms with Crippen LogP contribution in [0, 0.1) is 11.8 Å². The Balaban J connectivity index is 1.40. The van der Waals surface area contributed by atoms with E-state index in [0.29, 0.717) is 34.6 Å². The number of carbonyl (C=O) groups is 1. The third kappa shape index (κ3) is 4.01. The molecule has 1 amide bonds. The smallest absolute Gasteiger partial charge is 0.229 e. The number of fused-ring (bicyclic) bond motifs is 2. The highest BCUT2D eigenvalue weighted by atomic mass is 16.5. The number of carbonyl (C=O) groups excluding carboxylic acids is 1. The molecule has 1 aliphatic heterocycles. The molecule has 1 aliphatic carbocycles. The second kappa shape index (κ2) is 8.42. The van der Waals surface area contributed by atoms with Gasteiger partial charge in [-0.25, -0.2) is 15.0 Å². The van der Waals surface area contributed by atoms with Crippen molar-refractivity contribution in [3.05, 3.63) is 24.5 Å². The molecule has 2 fully saturated rings. The van der Waals surface area contributed by atoms with Crippen molar-refractivity contribution in [1.82, 2.24) is 25.1 Å². The quantitative estimate of drug-likeness (QED) is 0.442. The number of ether oxygens (including phenoxy) is 1. The zero-order valence-electron chi connectivity index (χ0n) is 22.3. The highest BCUT2D eigenvalue weighted by molar-refractivity contribution is 6.01. The monoisotopic (exact) mass is 477 g/mol. The molecule has 11 nitrogen and oxygen atoms in total. The van der Waals surface area contributed by atoms with Crippen LogP contribution in [0.4, 0.5) is 17.5 Å². The maximum atomic E-state index is 12.5. The Labute approximate surface area is 205 Å². The Morgan fingerprint density at radius 2 is 2.11 bits per heavy atom. The van der Waals surface area contributed by atoms with Gasteiger partial charge >= 0.3 is 0 Å². The molecular formula is C24H26N8O3. The molecule has 0 unspecified atom stereocenters. The topological polar surface area (TPSA) is 131 Å². The molecule has 2 N–H and O–H groups in total. The van der Waals surface area contributed by atoms with Gasteiger partial charge in [0.2, 0.25) is 11.8 Å². The van der Waals surface area contributed by atoms with Gasteiger partial charge in [-0.15, -0.1) is 10.2 Å². The van der Waals surface area contributed by atoms with E-state index in [2.05, 4.69) is 40.7 Å². The number of hydrogen-bond donors (Lipinski definition) is 2. The first-order chi connectivity index (χ1) is 18.1. The molecule has 0 aromatic carbocycles. The fraction of sp³-hybridized carbons (Fsp3) is 0.417. The molecule has 1 saturated heterocycles. The van der Waals surface area contributed by atoms with Crippen molar-refractivity contribution in [1.29, 1.82) is 0 Å². The Morgan fingerprint density at radius 3 is 2.91 bits per heavy atom. The summed E-state index contributed by atoms with van der Waals surface area (Å²) in [5.74, 6) is 1.46. The van der Waals surface area contributed by atoms with Crippen LogP contribution in [0.25, 0.3) is 33.5 Å². The molecule has 2 aliphatic rings. The van der Waals surface area contributed by atoms with Crippen LogP contribution in [0.5, 0.6) is 0 Å². The van der Waals surface area contributed by atoms with Gasteiger partial charge in [-0.3, -0.25) is 4.79 Å². The largest absolute Gasteiger partial charge is 0.436 e. The van der Waals surface area contributed by atoms with Gasteiger partial charge in [0.1, 0.15) is 16.9 Å². The number of pyridine rings is 2. The van der Waals surface area contributed by atoms with Gasteiger partial charge in [-0.05, 0) is 25.3 Å². The first kappa shape index (κ1) is 18.5. The number of nitrogens with zero attached hydrogens (tertiary/aromatic N) is 6. The molecule has 11 heteroatoms. The van der Waals surface area contributed by atoms with E-state index >= 15 is 0 Å². The fourth-order valence-electron chi connectivity index (χ4n) is 4.40. The lowest BCUT2D eigenvalue weighted by molar-refractivity contribution is -0.117. The van der Waals surface area contributed by atoms with Crippen molar-refractivity contribution < 1.29 is 18.1 Å². The summed E-state index contributed by atoms with van der Waals surface area (Å²) >= 11 is 0. The summed E-state index contributed by atoms with van der Waals surface area (Å²) in [6, 6.07) is 3.47. The summed E-state index contributed by atoms with van der Waals surface area (Å²) in [7, 11) is 0. The third-order valence-corrected chi connectivity index (χ3v) is 6.50. The van der Waals surface area contributed by atoms with E-state index in [0.717, 1.165) is 25.3 Å². The van der Waals surface area contributed by atoms with Crippen LogP contribution >= 0.6 is 0 Å². The number of rotatable bonds is 5. The van der Waals surface area contributed by atoms with E-state index in [1.54, 1.807) is 12.3 Å². The van der Waals surface area contributed by atoms with Gasteiger partial charge in [0.15, 0.2) is 17.2 Å². The molecule has 4 aromatic rings. The molecule has 6 rings (SSSR count). The molecule has 3 atom stereocenters. The highest BCUT2D eigenvalue weighted by Gasteiger charge is 2.39. The molecular weight excluding hydrogens is 448 g/mol. The van der Waals surface area contributed by atoms with Crippen LogP contribution in [0.15, 0.2) is 28.9 Å². The normalized spacial score (nSPS) is 23.5. The van der Waals surface area contributed by atoms with E-state index < -0.39 is 6.98 Å². The van der Waals surface area contributed by atoms with Gasteiger partial charge in [0, 0.05) is 47.7 Å². The summed E-state index contributed by atoms with van der Waals surface area (Å²) < 4.78 is 34.5. The van der Waals surface area contributed by atoms with Crippen molar-refractivity contribution in [2.45, 2.75) is 26.4 Å². The predicted octanol–water partition coefficient (Wildman–Crippen LogP) is 3.09. The third-order valence-electron chi connectivity index (χ3n) is 6.50. The standard InChI is InChI=1S/C24H26N8O3/c1-12-6-14(12)23(33)29-19-7-15-16(9-27-22(25-3)21(15)31-30-19)24-28-17-10-26-20(8-18(17)35-24)32-4-5-34-13(2)11-32/h7-10,12-14H,4-6,11H2,1-3H3,(H,25,27)(H,29,30,33)/t12-,13-,14+/m1/s1/i3D3. The number of morpholine rings is 1. The minimum Gasteiger partial charge on any atom is -0.436 e. The molecule has 0 radical (unpaired) electrons. The maximum Gasteiger partial charge on any atom is 0.229 e. The van der Waals surface area contributed by atoms with Gasteiger partial charge in [-0.1, -0.05) is 6.92 Å². The number of hydrogen-bond acceptors (Lipinski definition) is 10. The summed E-state index contributed by atoms with van der Waals surface area (Å²) in [6.45, 7) is 3.61. The lowest BCUT2D eigenvalue weighted by atomic mass is 10.1. The van der Waals surface area contributed by atoms with E-state index in [1.165, 1.54) is 6.20 Å². The van der Waals surface area contributed by atoms with E-state index in [4.69, 9.17) is 13.3 Å². The number of aromatic nitrogens is 5. The number of nitrogens with one attached hydrogen (secondary N) is 2. The zero-order chi connectivity index (χ0) is 26.6. The molecule has 5 heterocycles. The van der Waals surface area contributed by atoms with Crippen molar-refractivity contribution in [3.63, 3.8) is 0 Å². The first-order valence-corrected chi connectivity index (χ1v) is 11.5. The molecule has 0 bridgehead atoms. The Hall–Kier alpha value is -3.86. The van der Waals surface area contributed by atoms with Gasteiger partial charge < -0.3 is 24.7 Å². The van der Waals surface area contributed by atoms with Crippen molar-refractivity contribution in [2.24, 2.45) is 11.8 Å². The first-order valence-electron chi connectivity index (χ1n) is 13.0. The van der Waals surface area contributed by atoms with Crippen molar-refractivity contribution in [3.8, 4) is 11.5 Å². The van der Waals surface area contributed by atoms with Crippen molar-refractivity contribution in [2.75, 3.05) is 42.2 Å². The lowest BCUT2D eigenvalue weighted by Gasteiger charge is -2.31. The van der Waals surface area contributed by atoms with Crippen LogP contribution in [0.2, 0.25) is 0 Å². The number of anilines is 3. The van der Waals surface area contributed by atoms with Crippen molar-refractivity contribution >= 4 is 45.4 Å². The van der Waals surface area contributed by atoms with Crippen LogP contribution in [0.1, 0.15) is 24.4 Å². The summed E-state index contributed by atoms with van der Waals surface area (Å²) in [5.41, 5.74) is 1.78. The van der Waals surface area contributed by atoms with Gasteiger partial charge in [0.25, 0.3) is 0 Å². The average Bonchev–Trinajstić information content (AvgIpc) is 3.45. The Morgan fingerprint density at radius 1 is 1.23 bits per heavy atom. The van der Waals surface area contributed by atoms with Crippen LogP contribution < -0.4 is 15.5 Å². The van der Waals surface area contributed by atoms with Crippen LogP contribution in [0.3, 0.4) is 0 Å². The minimum atomic E-state index is -2.49. The molecule has 180 valence electrons. The van der Waals surface area contributed by atoms with Gasteiger partial charge in [-0.2, -0.15) is 0 Å². The number of amides is 1. The predicted molar refractivity (Wildman–Crippen MR) is 131 cm³/mol. The second-order valence-electron chi connectivity index (χ2n) is 9.10. The fourth-order valence-corrected chi connectivity index (χ4v) is 4.40. The maximum absolute atomic E-state index is 12.5. The minimum absolute atomic E-state index is 0.0337. The summed E-state index contributed by atoms with van der Waals surface area (Å²) in [4.78, 5) is 28.1. The SMILES string of the molecule is [2H]C([2H])([2H])Nc1ncc(-c2nc3cnc(N4CCO[C@H](C)C4)cc3o2)c2cc(NC(=O)[C@H]3C[C@H]3C)nnc12. The molecule has 4 aromatic heterocycles. The molecule has 1 saturated carbocycles. The Kier molecular flexibility index (Phi) is 4.44. The second-order valence-corrected chi connectivity index (χ2v) is 9.10. The van der Waals surface area contributed by atoms with Crippen LogP contribution in [-0.2, 0) is 9.53 Å².